The second-order valence-corrected chi connectivity index (χ2v) is 16.5. The van der Waals surface area contributed by atoms with E-state index in [2.05, 4.69) is 62.5 Å². The van der Waals surface area contributed by atoms with Crippen LogP contribution in [0.15, 0.2) is 48.6 Å². The topological polar surface area (TPSA) is 108 Å². The van der Waals surface area contributed by atoms with Crippen LogP contribution in [0.3, 0.4) is 0 Å². The molecule has 0 bridgehead atoms. The highest BCUT2D eigenvalue weighted by Crippen LogP contribution is 2.43. The fourth-order valence-corrected chi connectivity index (χ4v) is 6.10. The van der Waals surface area contributed by atoms with Crippen LogP contribution in [0.1, 0.15) is 162 Å². The summed E-state index contributed by atoms with van der Waals surface area (Å²) in [7, 11) is 1.45. The van der Waals surface area contributed by atoms with Gasteiger partial charge in [-0.25, -0.2) is 4.57 Å². The van der Waals surface area contributed by atoms with Gasteiger partial charge < -0.3 is 18.9 Å². The fraction of sp³-hybridized carbons (Fsp3) is 0.767. The van der Waals surface area contributed by atoms with Crippen molar-refractivity contribution >= 4 is 19.8 Å². The summed E-state index contributed by atoms with van der Waals surface area (Å²) >= 11 is 0. The molecule has 0 aliphatic heterocycles. The van der Waals surface area contributed by atoms with Crippen LogP contribution in [-0.4, -0.2) is 74.9 Å². The number of rotatable bonds is 37. The summed E-state index contributed by atoms with van der Waals surface area (Å²) in [5.41, 5.74) is 0. The van der Waals surface area contributed by atoms with Gasteiger partial charge in [-0.1, -0.05) is 146 Å². The van der Waals surface area contributed by atoms with E-state index >= 15 is 0 Å². The van der Waals surface area contributed by atoms with E-state index in [1.807, 2.05) is 21.1 Å². The summed E-state index contributed by atoms with van der Waals surface area (Å²) in [4.78, 5) is 35.3. The maximum Gasteiger partial charge on any atom is 0.472 e. The first-order chi connectivity index (χ1) is 25.5. The average molecular weight is 769 g/mol. The Morgan fingerprint density at radius 3 is 1.60 bits per heavy atom. The van der Waals surface area contributed by atoms with Gasteiger partial charge in [0.1, 0.15) is 19.8 Å². The van der Waals surface area contributed by atoms with Crippen molar-refractivity contribution in [1.29, 1.82) is 0 Å². The minimum absolute atomic E-state index is 0.0230. The quantitative estimate of drug-likeness (QED) is 0.0219. The predicted molar refractivity (Wildman–Crippen MR) is 220 cm³/mol. The molecule has 308 valence electrons. The number of nitrogens with zero attached hydrogens (tertiary/aromatic N) is 1. The van der Waals surface area contributed by atoms with E-state index < -0.39 is 26.5 Å². The number of quaternary nitrogens is 1. The molecule has 2 atom stereocenters. The van der Waals surface area contributed by atoms with Gasteiger partial charge in [0, 0.05) is 12.8 Å². The van der Waals surface area contributed by atoms with Crippen LogP contribution in [0, 0.1) is 0 Å². The number of hydrogen-bond donors (Lipinski definition) is 1. The molecule has 1 unspecified atom stereocenters. The van der Waals surface area contributed by atoms with Crippen LogP contribution in [0.4, 0.5) is 0 Å². The van der Waals surface area contributed by atoms with Gasteiger partial charge in [0.05, 0.1) is 27.7 Å². The molecular formula is C43H79NO8P+. The highest BCUT2D eigenvalue weighted by atomic mass is 31.2. The highest BCUT2D eigenvalue weighted by Gasteiger charge is 2.27. The van der Waals surface area contributed by atoms with Gasteiger partial charge >= 0.3 is 19.8 Å². The lowest BCUT2D eigenvalue weighted by molar-refractivity contribution is -0.870. The van der Waals surface area contributed by atoms with E-state index in [4.69, 9.17) is 18.5 Å². The Labute approximate surface area is 324 Å². The summed E-state index contributed by atoms with van der Waals surface area (Å²) in [6, 6.07) is 0. The third kappa shape index (κ3) is 39.5. The molecule has 0 aromatic carbocycles. The number of phosphoric ester groups is 1. The maximum atomic E-state index is 12.6. The van der Waals surface area contributed by atoms with Gasteiger partial charge in [0.15, 0.2) is 6.10 Å². The Balaban J connectivity index is 4.46. The normalized spacial score (nSPS) is 14.2. The number of ether oxygens (including phenoxy) is 2. The highest BCUT2D eigenvalue weighted by molar-refractivity contribution is 7.47. The SMILES string of the molecule is CC/C=C\C/C=C\C/C=C\C/C=C\CCCCC(=O)O[C@H](COC(=O)CCCCCCCCCCCCCCCC)COP(=O)(O)OCC[N+](C)(C)C. The van der Waals surface area contributed by atoms with Gasteiger partial charge in [0.25, 0.3) is 0 Å². The predicted octanol–water partition coefficient (Wildman–Crippen LogP) is 11.5. The van der Waals surface area contributed by atoms with E-state index in [1.54, 1.807) is 0 Å². The van der Waals surface area contributed by atoms with Crippen molar-refractivity contribution < 1.29 is 42.1 Å². The monoisotopic (exact) mass is 769 g/mol. The van der Waals surface area contributed by atoms with Crippen LogP contribution in [0.2, 0.25) is 0 Å². The molecule has 1 N–H and O–H groups in total. The molecule has 10 heteroatoms. The number of hydrogen-bond acceptors (Lipinski definition) is 7. The molecule has 0 fully saturated rings. The number of allylic oxidation sites excluding steroid dienone is 8. The molecular weight excluding hydrogens is 689 g/mol. The number of likely N-dealkylation sites (N-methyl/N-ethyl adjacent to an activating group) is 1. The van der Waals surface area contributed by atoms with Gasteiger partial charge in [-0.2, -0.15) is 0 Å². The zero-order valence-electron chi connectivity index (χ0n) is 34.5. The molecule has 0 amide bonds. The number of phosphoric acid groups is 1. The lowest BCUT2D eigenvalue weighted by Gasteiger charge is -2.24. The van der Waals surface area contributed by atoms with Crippen molar-refractivity contribution in [2.75, 3.05) is 47.5 Å². The molecule has 0 heterocycles. The smallest absolute Gasteiger partial charge is 0.462 e. The molecule has 0 spiro atoms. The number of carbonyl (C=O) groups excluding carboxylic acids is 2. The van der Waals surface area contributed by atoms with Gasteiger partial charge in [-0.15, -0.1) is 0 Å². The molecule has 0 saturated carbocycles. The summed E-state index contributed by atoms with van der Waals surface area (Å²) in [6.45, 7) is 4.25. The van der Waals surface area contributed by atoms with Crippen molar-refractivity contribution in [3.05, 3.63) is 48.6 Å². The lowest BCUT2D eigenvalue weighted by atomic mass is 10.0. The van der Waals surface area contributed by atoms with Crippen molar-refractivity contribution in [2.45, 2.75) is 168 Å². The maximum absolute atomic E-state index is 12.6. The molecule has 53 heavy (non-hydrogen) atoms. The Kier molecular flexibility index (Phi) is 34.3. The minimum Gasteiger partial charge on any atom is -0.462 e. The van der Waals surface area contributed by atoms with Crippen LogP contribution < -0.4 is 0 Å². The lowest BCUT2D eigenvalue weighted by Crippen LogP contribution is -2.37. The number of esters is 2. The zero-order chi connectivity index (χ0) is 39.3. The number of unbranched alkanes of at least 4 members (excludes halogenated alkanes) is 15. The van der Waals surface area contributed by atoms with E-state index in [0.29, 0.717) is 17.4 Å². The molecule has 0 saturated heterocycles. The van der Waals surface area contributed by atoms with Crippen molar-refractivity contribution in [1.82, 2.24) is 0 Å². The molecule has 0 aliphatic rings. The van der Waals surface area contributed by atoms with E-state index in [0.717, 1.165) is 57.8 Å². The minimum atomic E-state index is -4.38. The van der Waals surface area contributed by atoms with Crippen LogP contribution in [-0.2, 0) is 32.7 Å². The Bertz CT molecular complexity index is 1050. The van der Waals surface area contributed by atoms with Crippen LogP contribution in [0.5, 0.6) is 0 Å². The number of carbonyl (C=O) groups is 2. The summed E-state index contributed by atoms with van der Waals surface area (Å²) in [6.07, 6.45) is 40.2. The van der Waals surface area contributed by atoms with E-state index in [9.17, 15) is 19.0 Å². The summed E-state index contributed by atoms with van der Waals surface area (Å²) in [5.74, 6) is -0.847. The van der Waals surface area contributed by atoms with Crippen molar-refractivity contribution in [3.63, 3.8) is 0 Å². The first kappa shape index (κ1) is 51.0. The first-order valence-corrected chi connectivity index (χ1v) is 22.4. The fourth-order valence-electron chi connectivity index (χ4n) is 5.36. The molecule has 0 aromatic rings. The Morgan fingerprint density at radius 1 is 0.604 bits per heavy atom. The van der Waals surface area contributed by atoms with Crippen molar-refractivity contribution in [3.8, 4) is 0 Å². The van der Waals surface area contributed by atoms with Gasteiger partial charge in [-0.05, 0) is 51.4 Å². The second kappa shape index (κ2) is 35.7. The average Bonchev–Trinajstić information content (AvgIpc) is 3.10. The van der Waals surface area contributed by atoms with Gasteiger partial charge in [0.2, 0.25) is 0 Å². The Morgan fingerprint density at radius 2 is 1.08 bits per heavy atom. The van der Waals surface area contributed by atoms with Crippen LogP contribution in [0.25, 0.3) is 0 Å². The molecule has 0 rings (SSSR count). The Hall–Kier alpha value is -2.03. The third-order valence-electron chi connectivity index (χ3n) is 8.62. The first-order valence-electron chi connectivity index (χ1n) is 20.9. The molecule has 9 nitrogen and oxygen atoms in total. The zero-order valence-corrected chi connectivity index (χ0v) is 35.4. The standard InChI is InChI=1S/C43H78NO8P/c1-6-8-10-12-14-16-18-20-22-24-26-28-30-32-34-36-43(46)52-41(40-51-53(47,48)50-38-37-44(3,4)5)39-49-42(45)35-33-31-29-27-25-23-21-19-17-15-13-11-9-7-2/h8,10,14,16,20,22,26,28,41H,6-7,9,11-13,15,17-19,21,23-25,27,29-40H2,1-5H3/p+1/b10-8-,16-14-,22-20-,28-26-/t41-/m1/s1. The van der Waals surface area contributed by atoms with Crippen molar-refractivity contribution in [2.24, 2.45) is 0 Å². The van der Waals surface area contributed by atoms with E-state index in [1.165, 1.54) is 70.6 Å². The van der Waals surface area contributed by atoms with Crippen LogP contribution >= 0.6 is 7.82 Å². The summed E-state index contributed by atoms with van der Waals surface area (Å²) < 4.78 is 34.2. The van der Waals surface area contributed by atoms with E-state index in [-0.39, 0.29) is 32.0 Å². The molecule has 0 radical (unpaired) electrons. The third-order valence-corrected chi connectivity index (χ3v) is 9.61. The summed E-state index contributed by atoms with van der Waals surface area (Å²) in [5, 5.41) is 0. The molecule has 0 aliphatic carbocycles. The largest absolute Gasteiger partial charge is 0.472 e. The molecule has 0 aromatic heterocycles. The second-order valence-electron chi connectivity index (χ2n) is 15.0. The van der Waals surface area contributed by atoms with Gasteiger partial charge in [-0.3, -0.25) is 18.6 Å².